The highest BCUT2D eigenvalue weighted by Gasteiger charge is 2.13. The van der Waals surface area contributed by atoms with Gasteiger partial charge in [-0.15, -0.1) is 0 Å². The van der Waals surface area contributed by atoms with Crippen molar-refractivity contribution in [2.75, 3.05) is 37.4 Å². The molecule has 0 bridgehead atoms. The van der Waals surface area contributed by atoms with Gasteiger partial charge in [-0.25, -0.2) is 17.7 Å². The third-order valence-electron chi connectivity index (χ3n) is 2.10. The maximum atomic E-state index is 11.5. The number of rotatable bonds is 5. The number of hydrogen-bond acceptors (Lipinski definition) is 5. The minimum Gasteiger partial charge on any atom is -0.396 e. The Morgan fingerprint density at radius 3 is 2.71 bits per heavy atom. The molecule has 1 aromatic heterocycles. The Morgan fingerprint density at radius 2 is 2.12 bits per heavy atom. The minimum absolute atomic E-state index is 0.0341. The van der Waals surface area contributed by atoms with Crippen LogP contribution in [0.5, 0.6) is 0 Å². The standard InChI is InChI=1S/C9H15ClN4O2S/c1-14(2)17(15,16)6-5-12-9-7(11)3-4-8(10)13-9/h3-4H,5-6,11H2,1-2H3,(H,12,13). The summed E-state index contributed by atoms with van der Waals surface area (Å²) in [6.45, 7) is 0.220. The van der Waals surface area contributed by atoms with Crippen molar-refractivity contribution in [3.63, 3.8) is 0 Å². The Labute approximate surface area is 106 Å². The second-order valence-corrected chi connectivity index (χ2v) is 6.29. The Balaban J connectivity index is 2.60. The summed E-state index contributed by atoms with van der Waals surface area (Å²) in [4.78, 5) is 3.96. The van der Waals surface area contributed by atoms with Crippen molar-refractivity contribution < 1.29 is 8.42 Å². The number of sulfonamides is 1. The van der Waals surface area contributed by atoms with Crippen LogP contribution in [0.15, 0.2) is 12.1 Å². The molecule has 17 heavy (non-hydrogen) atoms. The molecule has 0 saturated carbocycles. The number of nitrogens with one attached hydrogen (secondary N) is 1. The predicted octanol–water partition coefficient (Wildman–Crippen LogP) is 0.621. The summed E-state index contributed by atoms with van der Waals surface area (Å²) in [6, 6.07) is 3.18. The number of aromatic nitrogens is 1. The first-order chi connectivity index (χ1) is 7.83. The number of anilines is 2. The lowest BCUT2D eigenvalue weighted by Gasteiger charge is -2.12. The summed E-state index contributed by atoms with van der Waals surface area (Å²) in [6.07, 6.45) is 0. The molecule has 0 atom stereocenters. The molecule has 8 heteroatoms. The zero-order valence-corrected chi connectivity index (χ0v) is 11.2. The quantitative estimate of drug-likeness (QED) is 0.771. The first kappa shape index (κ1) is 14.0. The first-order valence-corrected chi connectivity index (χ1v) is 6.88. The molecule has 0 spiro atoms. The van der Waals surface area contributed by atoms with Gasteiger partial charge in [-0.2, -0.15) is 0 Å². The molecule has 0 amide bonds. The van der Waals surface area contributed by atoms with Crippen LogP contribution in [0.2, 0.25) is 5.15 Å². The third kappa shape index (κ3) is 4.03. The third-order valence-corrected chi connectivity index (χ3v) is 4.14. The molecule has 1 aromatic rings. The predicted molar refractivity (Wildman–Crippen MR) is 69.6 cm³/mol. The number of nitrogens with zero attached hydrogens (tertiary/aromatic N) is 2. The summed E-state index contributed by atoms with van der Waals surface area (Å²) in [5.74, 6) is 0.361. The second-order valence-electron chi connectivity index (χ2n) is 3.60. The van der Waals surface area contributed by atoms with E-state index in [9.17, 15) is 8.42 Å². The molecule has 1 heterocycles. The Morgan fingerprint density at radius 1 is 1.47 bits per heavy atom. The van der Waals surface area contributed by atoms with Gasteiger partial charge in [0.2, 0.25) is 10.0 Å². The van der Waals surface area contributed by atoms with Gasteiger partial charge < -0.3 is 11.1 Å². The topological polar surface area (TPSA) is 88.3 Å². The van der Waals surface area contributed by atoms with Gasteiger partial charge in [-0.1, -0.05) is 11.6 Å². The van der Waals surface area contributed by atoms with Crippen molar-refractivity contribution in [3.8, 4) is 0 Å². The second kappa shape index (κ2) is 5.52. The van der Waals surface area contributed by atoms with Gasteiger partial charge in [0.15, 0.2) is 5.82 Å². The maximum absolute atomic E-state index is 11.5. The monoisotopic (exact) mass is 278 g/mol. The number of nitrogen functional groups attached to an aromatic ring is 1. The van der Waals surface area contributed by atoms with Crippen LogP contribution in [-0.4, -0.2) is 44.1 Å². The van der Waals surface area contributed by atoms with E-state index in [1.165, 1.54) is 18.4 Å². The molecule has 0 aromatic carbocycles. The van der Waals surface area contributed by atoms with Gasteiger partial charge in [0.05, 0.1) is 11.4 Å². The fourth-order valence-electron chi connectivity index (χ4n) is 1.07. The molecule has 3 N–H and O–H groups in total. The van der Waals surface area contributed by atoms with Crippen LogP contribution in [0.25, 0.3) is 0 Å². The van der Waals surface area contributed by atoms with Crippen LogP contribution >= 0.6 is 11.6 Å². The van der Waals surface area contributed by atoms with Crippen LogP contribution in [0, 0.1) is 0 Å². The fourth-order valence-corrected chi connectivity index (χ4v) is 1.94. The molecule has 0 fully saturated rings. The Hall–Kier alpha value is -1.05. The average Bonchev–Trinajstić information content (AvgIpc) is 2.22. The van der Waals surface area contributed by atoms with E-state index in [2.05, 4.69) is 10.3 Å². The highest BCUT2D eigenvalue weighted by Crippen LogP contribution is 2.17. The highest BCUT2D eigenvalue weighted by molar-refractivity contribution is 7.89. The zero-order valence-electron chi connectivity index (χ0n) is 9.64. The largest absolute Gasteiger partial charge is 0.396 e. The zero-order chi connectivity index (χ0) is 13.1. The molecule has 0 aliphatic heterocycles. The van der Waals surface area contributed by atoms with Gasteiger partial charge in [0.25, 0.3) is 0 Å². The normalized spacial score (nSPS) is 11.8. The lowest BCUT2D eigenvalue weighted by molar-refractivity contribution is 0.521. The molecular weight excluding hydrogens is 264 g/mol. The van der Waals surface area contributed by atoms with Crippen molar-refractivity contribution in [1.82, 2.24) is 9.29 Å². The summed E-state index contributed by atoms with van der Waals surface area (Å²) in [5.41, 5.74) is 6.08. The lowest BCUT2D eigenvalue weighted by atomic mass is 10.4. The molecule has 1 rings (SSSR count). The van der Waals surface area contributed by atoms with Crippen LogP contribution in [-0.2, 0) is 10.0 Å². The van der Waals surface area contributed by atoms with Gasteiger partial charge in [-0.05, 0) is 12.1 Å². The number of pyridine rings is 1. The molecular formula is C9H15ClN4O2S. The van der Waals surface area contributed by atoms with E-state index in [0.717, 1.165) is 0 Å². The maximum Gasteiger partial charge on any atom is 0.215 e. The van der Waals surface area contributed by atoms with Crippen molar-refractivity contribution in [3.05, 3.63) is 17.3 Å². The van der Waals surface area contributed by atoms with E-state index in [1.807, 2.05) is 0 Å². The van der Waals surface area contributed by atoms with Crippen LogP contribution in [0.1, 0.15) is 0 Å². The van der Waals surface area contributed by atoms with Gasteiger partial charge in [-0.3, -0.25) is 0 Å². The number of nitrogens with two attached hydrogens (primary N) is 1. The smallest absolute Gasteiger partial charge is 0.215 e. The molecule has 0 aliphatic carbocycles. The van der Waals surface area contributed by atoms with E-state index in [0.29, 0.717) is 16.7 Å². The van der Waals surface area contributed by atoms with Gasteiger partial charge in [0, 0.05) is 20.6 Å². The summed E-state index contributed by atoms with van der Waals surface area (Å²) < 4.78 is 24.1. The van der Waals surface area contributed by atoms with Gasteiger partial charge in [0.1, 0.15) is 5.15 Å². The van der Waals surface area contributed by atoms with E-state index in [1.54, 1.807) is 12.1 Å². The Kier molecular flexibility index (Phi) is 4.55. The highest BCUT2D eigenvalue weighted by atomic mass is 35.5. The van der Waals surface area contributed by atoms with Crippen LogP contribution in [0.3, 0.4) is 0 Å². The van der Waals surface area contributed by atoms with E-state index in [-0.39, 0.29) is 12.3 Å². The average molecular weight is 279 g/mol. The van der Waals surface area contributed by atoms with Crippen molar-refractivity contribution >= 4 is 33.1 Å². The molecule has 0 saturated heterocycles. The molecule has 96 valence electrons. The van der Waals surface area contributed by atoms with E-state index >= 15 is 0 Å². The van der Waals surface area contributed by atoms with E-state index < -0.39 is 10.0 Å². The van der Waals surface area contributed by atoms with Crippen LogP contribution < -0.4 is 11.1 Å². The van der Waals surface area contributed by atoms with Crippen molar-refractivity contribution in [2.45, 2.75) is 0 Å². The molecule has 0 aliphatic rings. The number of hydrogen-bond donors (Lipinski definition) is 2. The van der Waals surface area contributed by atoms with Crippen LogP contribution in [0.4, 0.5) is 11.5 Å². The SMILES string of the molecule is CN(C)S(=O)(=O)CCNc1nc(Cl)ccc1N. The van der Waals surface area contributed by atoms with Crippen molar-refractivity contribution in [2.24, 2.45) is 0 Å². The minimum atomic E-state index is -3.22. The fraction of sp³-hybridized carbons (Fsp3) is 0.444. The van der Waals surface area contributed by atoms with Gasteiger partial charge >= 0.3 is 0 Å². The number of halogens is 1. The summed E-state index contributed by atoms with van der Waals surface area (Å²) >= 11 is 5.70. The van der Waals surface area contributed by atoms with E-state index in [4.69, 9.17) is 17.3 Å². The summed E-state index contributed by atoms with van der Waals surface area (Å²) in [7, 11) is -0.247. The Bertz CT molecular complexity index is 490. The first-order valence-electron chi connectivity index (χ1n) is 4.89. The lowest BCUT2D eigenvalue weighted by Crippen LogP contribution is -2.28. The van der Waals surface area contributed by atoms with Crippen molar-refractivity contribution in [1.29, 1.82) is 0 Å². The molecule has 0 unspecified atom stereocenters. The summed E-state index contributed by atoms with van der Waals surface area (Å²) in [5, 5.41) is 3.14. The molecule has 0 radical (unpaired) electrons. The molecule has 6 nitrogen and oxygen atoms in total.